The summed E-state index contributed by atoms with van der Waals surface area (Å²) in [5.74, 6) is -1.79. The fourth-order valence-electron chi connectivity index (χ4n) is 1.92. The molecule has 140 valence electrons. The Labute approximate surface area is 160 Å². The molecule has 2 aromatic rings. The highest BCUT2D eigenvalue weighted by atomic mass is 79.9. The van der Waals surface area contributed by atoms with Gasteiger partial charge in [-0.05, 0) is 28.1 Å². The van der Waals surface area contributed by atoms with Gasteiger partial charge in [-0.3, -0.25) is 4.79 Å². The highest BCUT2D eigenvalue weighted by Crippen LogP contribution is 2.36. The van der Waals surface area contributed by atoms with E-state index >= 15 is 0 Å². The summed E-state index contributed by atoms with van der Waals surface area (Å²) in [4.78, 5) is 17.9. The third-order valence-corrected chi connectivity index (χ3v) is 5.78. The Balaban J connectivity index is 2.67. The van der Waals surface area contributed by atoms with Gasteiger partial charge in [-0.25, -0.2) is 36.3 Å². The molecule has 0 spiro atoms. The van der Waals surface area contributed by atoms with Crippen LogP contribution in [-0.4, -0.2) is 24.3 Å². The van der Waals surface area contributed by atoms with Gasteiger partial charge in [-0.1, -0.05) is 18.5 Å². The molecule has 0 saturated heterocycles. The number of carbonyl (C=O) groups excluding carboxylic acids is 1. The molecule has 0 aliphatic rings. The van der Waals surface area contributed by atoms with Crippen molar-refractivity contribution in [2.24, 2.45) is 0 Å². The highest BCUT2D eigenvalue weighted by molar-refractivity contribution is 9.10. The molecule has 1 heterocycles. The molecule has 6 nitrogen and oxygen atoms in total. The molecule has 0 bridgehead atoms. The van der Waals surface area contributed by atoms with Gasteiger partial charge in [0.25, 0.3) is 16.4 Å². The number of sulfonamides is 1. The first-order chi connectivity index (χ1) is 12.1. The normalized spacial score (nSPS) is 11.7. The minimum absolute atomic E-state index is 0.111. The quantitative estimate of drug-likeness (QED) is 0.714. The zero-order chi connectivity index (χ0) is 19.6. The van der Waals surface area contributed by atoms with E-state index < -0.39 is 49.3 Å². The van der Waals surface area contributed by atoms with Crippen molar-refractivity contribution in [3.63, 3.8) is 0 Å². The number of alkyl halides is 2. The molecular formula is C14H10BrClF3N3O3S. The summed E-state index contributed by atoms with van der Waals surface area (Å²) < 4.78 is 66.3. The molecule has 1 aromatic heterocycles. The molecule has 0 unspecified atom stereocenters. The van der Waals surface area contributed by atoms with Crippen LogP contribution in [0.2, 0.25) is 5.02 Å². The number of nitrogens with one attached hydrogen (secondary N) is 1. The SMILES string of the molecule is CCC(=O)NS(=O)(=O)c1cc(-c2ncnc(C(F)F)c2Br)c(F)cc1Cl. The van der Waals surface area contributed by atoms with Gasteiger partial charge >= 0.3 is 0 Å². The molecule has 0 atom stereocenters. The van der Waals surface area contributed by atoms with Crippen molar-refractivity contribution >= 4 is 43.5 Å². The van der Waals surface area contributed by atoms with Gasteiger partial charge < -0.3 is 0 Å². The summed E-state index contributed by atoms with van der Waals surface area (Å²) in [6.45, 7) is 1.44. The van der Waals surface area contributed by atoms with Crippen LogP contribution in [0.25, 0.3) is 11.3 Å². The van der Waals surface area contributed by atoms with Crippen molar-refractivity contribution in [3.8, 4) is 11.3 Å². The number of nitrogens with zero attached hydrogens (tertiary/aromatic N) is 2. The molecule has 0 aliphatic heterocycles. The first-order valence-electron chi connectivity index (χ1n) is 6.92. The highest BCUT2D eigenvalue weighted by Gasteiger charge is 2.25. The molecule has 0 saturated carbocycles. The van der Waals surface area contributed by atoms with Gasteiger partial charge in [-0.2, -0.15) is 0 Å². The van der Waals surface area contributed by atoms with Crippen molar-refractivity contribution in [2.45, 2.75) is 24.7 Å². The number of rotatable bonds is 5. The summed E-state index contributed by atoms with van der Waals surface area (Å²) in [7, 11) is -4.39. The lowest BCUT2D eigenvalue weighted by atomic mass is 10.1. The Morgan fingerprint density at radius 3 is 2.58 bits per heavy atom. The van der Waals surface area contributed by atoms with Gasteiger partial charge in [0.2, 0.25) is 5.91 Å². The molecule has 0 radical (unpaired) electrons. The monoisotopic (exact) mass is 471 g/mol. The second-order valence-electron chi connectivity index (χ2n) is 4.87. The zero-order valence-corrected chi connectivity index (χ0v) is 16.1. The number of hydrogen-bond donors (Lipinski definition) is 1. The summed E-state index contributed by atoms with van der Waals surface area (Å²) in [6, 6.07) is 1.50. The Morgan fingerprint density at radius 2 is 2.00 bits per heavy atom. The molecule has 0 aliphatic carbocycles. The van der Waals surface area contributed by atoms with Gasteiger partial charge in [0, 0.05) is 12.0 Å². The fourth-order valence-corrected chi connectivity index (χ4v) is 4.11. The summed E-state index contributed by atoms with van der Waals surface area (Å²) in [5, 5.41) is -0.484. The second-order valence-corrected chi connectivity index (χ2v) is 7.72. The van der Waals surface area contributed by atoms with Gasteiger partial charge in [0.05, 0.1) is 15.2 Å². The van der Waals surface area contributed by atoms with Gasteiger partial charge in [0.15, 0.2) is 0 Å². The lowest BCUT2D eigenvalue weighted by Crippen LogP contribution is -2.30. The predicted molar refractivity (Wildman–Crippen MR) is 90.7 cm³/mol. The maximum Gasteiger partial charge on any atom is 0.281 e. The van der Waals surface area contributed by atoms with Crippen LogP contribution in [0.1, 0.15) is 25.5 Å². The average Bonchev–Trinajstić information content (AvgIpc) is 2.54. The van der Waals surface area contributed by atoms with Crippen molar-refractivity contribution in [1.82, 2.24) is 14.7 Å². The zero-order valence-electron chi connectivity index (χ0n) is 12.9. The summed E-state index contributed by atoms with van der Waals surface area (Å²) in [6.07, 6.45) is -2.28. The van der Waals surface area contributed by atoms with Crippen LogP contribution in [-0.2, 0) is 14.8 Å². The molecule has 1 amide bonds. The minimum atomic E-state index is -4.39. The third kappa shape index (κ3) is 4.15. The van der Waals surface area contributed by atoms with E-state index in [4.69, 9.17) is 11.6 Å². The van der Waals surface area contributed by atoms with E-state index in [-0.39, 0.29) is 16.6 Å². The van der Waals surface area contributed by atoms with E-state index in [2.05, 4.69) is 25.9 Å². The summed E-state index contributed by atoms with van der Waals surface area (Å²) in [5.41, 5.74) is -1.38. The van der Waals surface area contributed by atoms with Crippen LogP contribution in [0.3, 0.4) is 0 Å². The van der Waals surface area contributed by atoms with E-state index in [1.807, 2.05) is 0 Å². The van der Waals surface area contributed by atoms with Crippen LogP contribution >= 0.6 is 27.5 Å². The third-order valence-electron chi connectivity index (χ3n) is 3.16. The van der Waals surface area contributed by atoms with Gasteiger partial charge in [-0.15, -0.1) is 0 Å². The number of amides is 1. The molecule has 1 N–H and O–H groups in total. The maximum atomic E-state index is 14.3. The van der Waals surface area contributed by atoms with Crippen molar-refractivity contribution in [3.05, 3.63) is 39.5 Å². The van der Waals surface area contributed by atoms with Crippen LogP contribution < -0.4 is 4.72 Å². The number of benzene rings is 1. The number of halogens is 5. The van der Waals surface area contributed by atoms with E-state index in [0.717, 1.165) is 12.4 Å². The Morgan fingerprint density at radius 1 is 1.35 bits per heavy atom. The maximum absolute atomic E-state index is 14.3. The molecule has 2 rings (SSSR count). The first-order valence-corrected chi connectivity index (χ1v) is 9.57. The number of aromatic nitrogens is 2. The van der Waals surface area contributed by atoms with E-state index in [9.17, 15) is 26.4 Å². The lowest BCUT2D eigenvalue weighted by molar-refractivity contribution is -0.119. The molecular weight excluding hydrogens is 463 g/mol. The standard InChI is InChI=1S/C14H10BrClF3N3O3S/c1-2-10(23)22-26(24,25)9-3-6(8(17)4-7(9)16)12-11(15)13(14(18)19)21-5-20-12/h3-5,14H,2H2,1H3,(H,22,23). The predicted octanol–water partition coefficient (Wildman–Crippen LogP) is 3.85. The second kappa shape index (κ2) is 7.89. The average molecular weight is 473 g/mol. The largest absolute Gasteiger partial charge is 0.281 e. The lowest BCUT2D eigenvalue weighted by Gasteiger charge is -2.12. The smallest absolute Gasteiger partial charge is 0.274 e. The molecule has 26 heavy (non-hydrogen) atoms. The number of hydrogen-bond acceptors (Lipinski definition) is 5. The van der Waals surface area contributed by atoms with Crippen LogP contribution in [0.4, 0.5) is 13.2 Å². The minimum Gasteiger partial charge on any atom is -0.274 e. The van der Waals surface area contributed by atoms with Crippen LogP contribution in [0.5, 0.6) is 0 Å². The van der Waals surface area contributed by atoms with E-state index in [1.54, 1.807) is 4.72 Å². The molecule has 1 aromatic carbocycles. The Hall–Kier alpha value is -1.72. The van der Waals surface area contributed by atoms with Gasteiger partial charge in [0.1, 0.15) is 22.7 Å². The van der Waals surface area contributed by atoms with E-state index in [1.165, 1.54) is 6.92 Å². The van der Waals surface area contributed by atoms with Crippen molar-refractivity contribution in [1.29, 1.82) is 0 Å². The van der Waals surface area contributed by atoms with Crippen LogP contribution in [0.15, 0.2) is 27.8 Å². The Kier molecular flexibility index (Phi) is 6.25. The summed E-state index contributed by atoms with van der Waals surface area (Å²) >= 11 is 8.66. The van der Waals surface area contributed by atoms with Crippen molar-refractivity contribution < 1.29 is 26.4 Å². The number of carbonyl (C=O) groups is 1. The van der Waals surface area contributed by atoms with Crippen molar-refractivity contribution in [2.75, 3.05) is 0 Å². The topological polar surface area (TPSA) is 89.0 Å². The fraction of sp³-hybridized carbons (Fsp3) is 0.214. The Bertz CT molecular complexity index is 973. The molecule has 12 heteroatoms. The first kappa shape index (κ1) is 20.6. The molecule has 0 fully saturated rings. The van der Waals surface area contributed by atoms with E-state index in [0.29, 0.717) is 6.07 Å². The van der Waals surface area contributed by atoms with Crippen LogP contribution in [0, 0.1) is 5.82 Å².